The normalized spacial score (nSPS) is 14.2. The number of hydrogen-bond donors (Lipinski definition) is 1. The zero-order valence-corrected chi connectivity index (χ0v) is 8.41. The molecule has 0 bridgehead atoms. The van der Waals surface area contributed by atoms with Crippen molar-refractivity contribution in [2.45, 2.75) is 18.1 Å². The van der Waals surface area contributed by atoms with E-state index in [-0.39, 0.29) is 0 Å². The summed E-state index contributed by atoms with van der Waals surface area (Å²) in [5.74, 6) is 0. The number of thioether (sulfide) groups is 1. The molecule has 1 aliphatic heterocycles. The molecule has 2 heterocycles. The zero-order chi connectivity index (χ0) is 10.1. The van der Waals surface area contributed by atoms with Crippen LogP contribution in [0.4, 0.5) is 4.79 Å². The van der Waals surface area contributed by atoms with E-state index in [4.69, 9.17) is 5.11 Å². The highest BCUT2D eigenvalue weighted by Gasteiger charge is 2.26. The van der Waals surface area contributed by atoms with Crippen molar-refractivity contribution in [2.75, 3.05) is 6.26 Å². The number of hydrogen-bond acceptors (Lipinski definition) is 4. The van der Waals surface area contributed by atoms with Crippen molar-refractivity contribution < 1.29 is 9.90 Å². The maximum absolute atomic E-state index is 10.7. The number of carbonyl (C=O) groups is 1. The lowest BCUT2D eigenvalue weighted by atomic mass is 10.3. The van der Waals surface area contributed by atoms with Gasteiger partial charge in [-0.25, -0.2) is 14.8 Å². The molecule has 6 heteroatoms. The average molecular weight is 211 g/mol. The molecule has 2 rings (SSSR count). The lowest BCUT2D eigenvalue weighted by Crippen LogP contribution is -2.22. The lowest BCUT2D eigenvalue weighted by Gasteiger charge is -2.08. The first-order valence-corrected chi connectivity index (χ1v) is 5.29. The Morgan fingerprint density at radius 3 is 3.00 bits per heavy atom. The van der Waals surface area contributed by atoms with Crippen molar-refractivity contribution in [3.63, 3.8) is 0 Å². The predicted octanol–water partition coefficient (Wildman–Crippen LogP) is 1.19. The van der Waals surface area contributed by atoms with Crippen LogP contribution in [0.1, 0.15) is 11.3 Å². The lowest BCUT2D eigenvalue weighted by molar-refractivity contribution is 0.144. The zero-order valence-electron chi connectivity index (χ0n) is 7.60. The first-order valence-electron chi connectivity index (χ1n) is 4.07. The molecule has 1 amide bonds. The standard InChI is InChI=1S/C8H9N3O2S/c1-14-7-5-2-11(8(12)13)3-6(5)9-4-10-7/h4H,2-3H2,1H3,(H,12,13). The summed E-state index contributed by atoms with van der Waals surface area (Å²) in [5, 5.41) is 9.69. The predicted molar refractivity (Wildman–Crippen MR) is 51.1 cm³/mol. The second-order valence-corrected chi connectivity index (χ2v) is 3.74. The van der Waals surface area contributed by atoms with Crippen molar-refractivity contribution in [2.24, 2.45) is 0 Å². The highest BCUT2D eigenvalue weighted by Crippen LogP contribution is 2.27. The minimum absolute atomic E-state index is 0.376. The Labute approximate surface area is 85.2 Å². The third-order valence-corrected chi connectivity index (χ3v) is 2.89. The largest absolute Gasteiger partial charge is 0.465 e. The van der Waals surface area contributed by atoms with Gasteiger partial charge in [0.25, 0.3) is 0 Å². The topological polar surface area (TPSA) is 66.3 Å². The Balaban J connectivity index is 2.34. The molecule has 1 aromatic rings. The second-order valence-electron chi connectivity index (χ2n) is 2.95. The number of amides is 1. The van der Waals surface area contributed by atoms with Gasteiger partial charge in [0.15, 0.2) is 0 Å². The van der Waals surface area contributed by atoms with Crippen molar-refractivity contribution in [3.05, 3.63) is 17.6 Å². The summed E-state index contributed by atoms with van der Waals surface area (Å²) in [5.41, 5.74) is 1.77. The van der Waals surface area contributed by atoms with E-state index in [9.17, 15) is 4.79 Å². The van der Waals surface area contributed by atoms with E-state index < -0.39 is 6.09 Å². The summed E-state index contributed by atoms with van der Waals surface area (Å²) >= 11 is 1.52. The molecule has 0 aliphatic carbocycles. The third kappa shape index (κ3) is 1.41. The van der Waals surface area contributed by atoms with Gasteiger partial charge >= 0.3 is 6.09 Å². The van der Waals surface area contributed by atoms with Gasteiger partial charge in [0.05, 0.1) is 18.8 Å². The minimum Gasteiger partial charge on any atom is -0.465 e. The molecule has 0 fully saturated rings. The van der Waals surface area contributed by atoms with Crippen LogP contribution in [0.2, 0.25) is 0 Å². The number of rotatable bonds is 1. The van der Waals surface area contributed by atoms with Crippen LogP contribution in [0.3, 0.4) is 0 Å². The van der Waals surface area contributed by atoms with Crippen LogP contribution in [0.25, 0.3) is 0 Å². The smallest absolute Gasteiger partial charge is 0.407 e. The molecule has 1 aliphatic rings. The van der Waals surface area contributed by atoms with Gasteiger partial charge in [-0.1, -0.05) is 0 Å². The Morgan fingerprint density at radius 1 is 1.57 bits per heavy atom. The first-order chi connectivity index (χ1) is 6.72. The number of fused-ring (bicyclic) bond motifs is 1. The van der Waals surface area contributed by atoms with Crippen LogP contribution >= 0.6 is 11.8 Å². The van der Waals surface area contributed by atoms with Crippen LogP contribution in [0.15, 0.2) is 11.4 Å². The van der Waals surface area contributed by atoms with E-state index in [1.54, 1.807) is 0 Å². The van der Waals surface area contributed by atoms with Crippen molar-refractivity contribution in [1.29, 1.82) is 0 Å². The SMILES string of the molecule is CSc1ncnc2c1CN(C(=O)O)C2. The molecule has 74 valence electrons. The molecule has 5 nitrogen and oxygen atoms in total. The number of nitrogens with zero attached hydrogens (tertiary/aromatic N) is 3. The second kappa shape index (κ2) is 3.45. The van der Waals surface area contributed by atoms with Crippen LogP contribution in [-0.2, 0) is 13.1 Å². The minimum atomic E-state index is -0.907. The summed E-state index contributed by atoms with van der Waals surface area (Å²) in [7, 11) is 0. The molecule has 0 atom stereocenters. The van der Waals surface area contributed by atoms with E-state index >= 15 is 0 Å². The fourth-order valence-corrected chi connectivity index (χ4v) is 2.05. The summed E-state index contributed by atoms with van der Waals surface area (Å²) < 4.78 is 0. The van der Waals surface area contributed by atoms with Gasteiger partial charge in [-0.2, -0.15) is 0 Å². The molecular weight excluding hydrogens is 202 g/mol. The average Bonchev–Trinajstić information content (AvgIpc) is 2.60. The molecule has 1 aromatic heterocycles. The van der Waals surface area contributed by atoms with Crippen molar-refractivity contribution >= 4 is 17.9 Å². The van der Waals surface area contributed by atoms with Crippen LogP contribution in [0, 0.1) is 0 Å². The quantitative estimate of drug-likeness (QED) is 0.558. The van der Waals surface area contributed by atoms with Gasteiger partial charge in [0.1, 0.15) is 11.4 Å². The Hall–Kier alpha value is -1.30. The molecule has 0 radical (unpaired) electrons. The summed E-state index contributed by atoms with van der Waals surface area (Å²) in [6.45, 7) is 0.780. The van der Waals surface area contributed by atoms with Crippen LogP contribution in [-0.4, -0.2) is 32.3 Å². The molecule has 14 heavy (non-hydrogen) atoms. The van der Waals surface area contributed by atoms with E-state index in [1.807, 2.05) is 6.26 Å². The third-order valence-electron chi connectivity index (χ3n) is 2.15. The Bertz CT molecular complexity index is 383. The number of aromatic nitrogens is 2. The molecule has 0 unspecified atom stereocenters. The fraction of sp³-hybridized carbons (Fsp3) is 0.375. The van der Waals surface area contributed by atoms with Crippen molar-refractivity contribution in [1.82, 2.24) is 14.9 Å². The Kier molecular flexibility index (Phi) is 2.28. The highest BCUT2D eigenvalue weighted by atomic mass is 32.2. The van der Waals surface area contributed by atoms with E-state index in [1.165, 1.54) is 23.0 Å². The van der Waals surface area contributed by atoms with E-state index in [0.29, 0.717) is 13.1 Å². The Morgan fingerprint density at radius 2 is 2.36 bits per heavy atom. The van der Waals surface area contributed by atoms with Gasteiger partial charge in [-0.15, -0.1) is 11.8 Å². The van der Waals surface area contributed by atoms with Gasteiger partial charge < -0.3 is 5.11 Å². The van der Waals surface area contributed by atoms with Gasteiger partial charge in [0.2, 0.25) is 0 Å². The van der Waals surface area contributed by atoms with E-state index in [0.717, 1.165) is 16.3 Å². The van der Waals surface area contributed by atoms with Gasteiger partial charge in [0, 0.05) is 5.56 Å². The molecular formula is C8H9N3O2S. The summed E-state index contributed by atoms with van der Waals surface area (Å²) in [6, 6.07) is 0. The molecule has 0 aromatic carbocycles. The molecule has 0 spiro atoms. The highest BCUT2D eigenvalue weighted by molar-refractivity contribution is 7.98. The van der Waals surface area contributed by atoms with E-state index in [2.05, 4.69) is 9.97 Å². The summed E-state index contributed by atoms with van der Waals surface area (Å²) in [4.78, 5) is 20.2. The maximum atomic E-state index is 10.7. The van der Waals surface area contributed by atoms with Crippen LogP contribution < -0.4 is 0 Å². The van der Waals surface area contributed by atoms with Gasteiger partial charge in [-0.05, 0) is 6.26 Å². The summed E-state index contributed by atoms with van der Waals surface area (Å²) in [6.07, 6.45) is 2.50. The monoisotopic (exact) mass is 211 g/mol. The number of carboxylic acid groups (broad SMARTS) is 1. The molecule has 0 saturated heterocycles. The molecule has 1 N–H and O–H groups in total. The van der Waals surface area contributed by atoms with Crippen molar-refractivity contribution in [3.8, 4) is 0 Å². The molecule has 0 saturated carbocycles. The maximum Gasteiger partial charge on any atom is 0.407 e. The van der Waals surface area contributed by atoms with Crippen LogP contribution in [0.5, 0.6) is 0 Å². The fourth-order valence-electron chi connectivity index (χ4n) is 1.46. The first kappa shape index (κ1) is 9.26. The van der Waals surface area contributed by atoms with Gasteiger partial charge in [-0.3, -0.25) is 4.90 Å².